The Kier molecular flexibility index (Phi) is 4.99. The molecule has 1 amide bonds. The molecule has 0 radical (unpaired) electrons. The van der Waals surface area contributed by atoms with Crippen molar-refractivity contribution in [3.8, 4) is 0 Å². The molecule has 2 aromatic rings. The van der Waals surface area contributed by atoms with Gasteiger partial charge in [0.15, 0.2) is 5.69 Å². The van der Waals surface area contributed by atoms with Gasteiger partial charge in [0.1, 0.15) is 14.9 Å². The fourth-order valence-electron chi connectivity index (χ4n) is 1.57. The summed E-state index contributed by atoms with van der Waals surface area (Å²) in [6.07, 6.45) is 0. The van der Waals surface area contributed by atoms with Crippen LogP contribution in [0.4, 0.5) is 0 Å². The molecular weight excluding hydrogens is 314 g/mol. The number of carbonyl (C=O) groups is 2. The lowest BCUT2D eigenvalue weighted by Crippen LogP contribution is -2.22. The highest BCUT2D eigenvalue weighted by atomic mass is 32.1. The molecule has 7 nitrogen and oxygen atoms in total. The number of carboxylic acids is 1. The van der Waals surface area contributed by atoms with Crippen molar-refractivity contribution in [3.63, 3.8) is 0 Å². The summed E-state index contributed by atoms with van der Waals surface area (Å²) in [5, 5.41) is 14.2. The number of rotatable bonds is 6. The predicted molar refractivity (Wildman–Crippen MR) is 77.8 cm³/mol. The zero-order valence-corrected chi connectivity index (χ0v) is 13.0. The zero-order chi connectivity index (χ0) is 15.4. The van der Waals surface area contributed by atoms with Crippen LogP contribution in [0.3, 0.4) is 0 Å². The number of ether oxygens (including phenoxy) is 1. The number of carbonyl (C=O) groups excluding carboxylic acids is 1. The van der Waals surface area contributed by atoms with Gasteiger partial charge < -0.3 is 15.2 Å². The molecule has 21 heavy (non-hydrogen) atoms. The van der Waals surface area contributed by atoms with E-state index in [-0.39, 0.29) is 18.1 Å². The van der Waals surface area contributed by atoms with Crippen LogP contribution < -0.4 is 5.32 Å². The second-order valence-electron chi connectivity index (χ2n) is 4.07. The topological polar surface area (TPSA) is 101 Å². The van der Waals surface area contributed by atoms with Crippen molar-refractivity contribution in [2.45, 2.75) is 20.1 Å². The maximum absolute atomic E-state index is 12.1. The lowest BCUT2D eigenvalue weighted by Gasteiger charge is -2.00. The molecule has 0 saturated carbocycles. The number of aromatic nitrogens is 2. The molecule has 0 aliphatic heterocycles. The van der Waals surface area contributed by atoms with Crippen molar-refractivity contribution in [1.29, 1.82) is 0 Å². The van der Waals surface area contributed by atoms with Gasteiger partial charge in [0.05, 0.1) is 18.8 Å². The SMILES string of the molecule is COCc1nc(C)c(C(=O)NCc2nc(C(=O)O)cs2)s1. The number of carboxylic acid groups (broad SMARTS) is 1. The van der Waals surface area contributed by atoms with Gasteiger partial charge in [-0.3, -0.25) is 4.79 Å². The third kappa shape index (κ3) is 3.84. The van der Waals surface area contributed by atoms with E-state index in [2.05, 4.69) is 15.3 Å². The number of nitrogens with one attached hydrogen (secondary N) is 1. The number of thiazole rings is 2. The van der Waals surface area contributed by atoms with Gasteiger partial charge in [0.25, 0.3) is 5.91 Å². The Bertz CT molecular complexity index is 665. The Morgan fingerprint density at radius 1 is 1.38 bits per heavy atom. The first kappa shape index (κ1) is 15.5. The Hall–Kier alpha value is -1.84. The summed E-state index contributed by atoms with van der Waals surface area (Å²) in [6.45, 7) is 2.32. The number of amides is 1. The largest absolute Gasteiger partial charge is 0.476 e. The second-order valence-corrected chi connectivity index (χ2v) is 6.10. The van der Waals surface area contributed by atoms with Gasteiger partial charge in [-0.15, -0.1) is 22.7 Å². The van der Waals surface area contributed by atoms with Crippen molar-refractivity contribution in [2.24, 2.45) is 0 Å². The minimum Gasteiger partial charge on any atom is -0.476 e. The van der Waals surface area contributed by atoms with Gasteiger partial charge in [0, 0.05) is 12.5 Å². The first-order valence-electron chi connectivity index (χ1n) is 5.92. The number of hydrogen-bond acceptors (Lipinski definition) is 7. The lowest BCUT2D eigenvalue weighted by atomic mass is 10.4. The monoisotopic (exact) mass is 327 g/mol. The van der Waals surface area contributed by atoms with E-state index in [0.717, 1.165) is 5.01 Å². The van der Waals surface area contributed by atoms with Crippen LogP contribution in [0.15, 0.2) is 5.38 Å². The molecular formula is C12H13N3O4S2. The van der Waals surface area contributed by atoms with Gasteiger partial charge in [-0.2, -0.15) is 0 Å². The Morgan fingerprint density at radius 3 is 2.76 bits per heavy atom. The fraction of sp³-hybridized carbons (Fsp3) is 0.333. The summed E-state index contributed by atoms with van der Waals surface area (Å²) < 4.78 is 4.98. The van der Waals surface area contributed by atoms with Crippen LogP contribution in [0, 0.1) is 6.92 Å². The van der Waals surface area contributed by atoms with Gasteiger partial charge >= 0.3 is 5.97 Å². The maximum Gasteiger partial charge on any atom is 0.355 e. The molecule has 2 heterocycles. The average molecular weight is 327 g/mol. The highest BCUT2D eigenvalue weighted by Gasteiger charge is 2.16. The molecule has 2 N–H and O–H groups in total. The van der Waals surface area contributed by atoms with Gasteiger partial charge in [-0.1, -0.05) is 0 Å². The molecule has 0 aromatic carbocycles. The third-order valence-electron chi connectivity index (χ3n) is 2.49. The molecule has 0 fully saturated rings. The molecule has 0 aliphatic carbocycles. The van der Waals surface area contributed by atoms with E-state index in [1.165, 1.54) is 28.1 Å². The smallest absolute Gasteiger partial charge is 0.355 e. The van der Waals surface area contributed by atoms with E-state index < -0.39 is 5.97 Å². The Labute approximate surface area is 128 Å². The van der Waals surface area contributed by atoms with E-state index in [1.54, 1.807) is 14.0 Å². The van der Waals surface area contributed by atoms with Crippen LogP contribution in [-0.2, 0) is 17.9 Å². The van der Waals surface area contributed by atoms with Gasteiger partial charge in [-0.25, -0.2) is 14.8 Å². The second kappa shape index (κ2) is 6.74. The van der Waals surface area contributed by atoms with E-state index in [0.29, 0.717) is 22.2 Å². The van der Waals surface area contributed by atoms with Crippen molar-refractivity contribution < 1.29 is 19.4 Å². The molecule has 0 spiro atoms. The van der Waals surface area contributed by atoms with E-state index in [4.69, 9.17) is 9.84 Å². The highest BCUT2D eigenvalue weighted by Crippen LogP contribution is 2.19. The fourth-order valence-corrected chi connectivity index (χ4v) is 3.24. The number of nitrogens with zero attached hydrogens (tertiary/aromatic N) is 2. The van der Waals surface area contributed by atoms with Crippen LogP contribution >= 0.6 is 22.7 Å². The normalized spacial score (nSPS) is 10.6. The number of methoxy groups -OCH3 is 1. The molecule has 0 saturated heterocycles. The third-order valence-corrected chi connectivity index (χ3v) is 4.46. The first-order valence-corrected chi connectivity index (χ1v) is 7.62. The number of aromatic carboxylic acids is 1. The van der Waals surface area contributed by atoms with E-state index >= 15 is 0 Å². The van der Waals surface area contributed by atoms with Gasteiger partial charge in [0.2, 0.25) is 0 Å². The van der Waals surface area contributed by atoms with Crippen LogP contribution in [0.5, 0.6) is 0 Å². The van der Waals surface area contributed by atoms with Gasteiger partial charge in [-0.05, 0) is 6.92 Å². The molecule has 2 aromatic heterocycles. The number of hydrogen-bond donors (Lipinski definition) is 2. The van der Waals surface area contributed by atoms with Crippen LogP contribution in [-0.4, -0.2) is 34.1 Å². The molecule has 112 valence electrons. The summed E-state index contributed by atoms with van der Waals surface area (Å²) in [5.74, 6) is -1.33. The van der Waals surface area contributed by atoms with Crippen LogP contribution in [0.1, 0.15) is 35.9 Å². The molecule has 0 unspecified atom stereocenters. The summed E-state index contributed by atoms with van der Waals surface area (Å²) in [7, 11) is 1.57. The van der Waals surface area contributed by atoms with E-state index in [1.807, 2.05) is 0 Å². The lowest BCUT2D eigenvalue weighted by molar-refractivity contribution is 0.0691. The van der Waals surface area contributed by atoms with Crippen molar-refractivity contribution in [1.82, 2.24) is 15.3 Å². The molecule has 0 bridgehead atoms. The van der Waals surface area contributed by atoms with Crippen LogP contribution in [0.25, 0.3) is 0 Å². The van der Waals surface area contributed by atoms with Crippen LogP contribution in [0.2, 0.25) is 0 Å². The van der Waals surface area contributed by atoms with Crippen molar-refractivity contribution in [2.75, 3.05) is 7.11 Å². The molecule has 0 atom stereocenters. The summed E-state index contributed by atoms with van der Waals surface area (Å²) in [6, 6.07) is 0. The van der Waals surface area contributed by atoms with E-state index in [9.17, 15) is 9.59 Å². The minimum atomic E-state index is -1.08. The summed E-state index contributed by atoms with van der Waals surface area (Å²) in [4.78, 5) is 31.5. The van der Waals surface area contributed by atoms with Crippen molar-refractivity contribution in [3.05, 3.63) is 31.7 Å². The molecule has 9 heteroatoms. The predicted octanol–water partition coefficient (Wildman–Crippen LogP) is 1.68. The molecule has 0 aliphatic rings. The first-order chi connectivity index (χ1) is 10.0. The summed E-state index contributed by atoms with van der Waals surface area (Å²) in [5.41, 5.74) is 0.635. The average Bonchev–Trinajstić information content (AvgIpc) is 3.03. The minimum absolute atomic E-state index is 0.0133. The van der Waals surface area contributed by atoms with Crippen molar-refractivity contribution >= 4 is 34.6 Å². The standard InChI is InChI=1S/C12H13N3O4S2/c1-6-10(21-9(14-6)4-19-2)11(16)13-3-8-15-7(5-20-8)12(17)18/h5H,3-4H2,1-2H3,(H,13,16)(H,17,18). The quantitative estimate of drug-likeness (QED) is 0.837. The zero-order valence-electron chi connectivity index (χ0n) is 11.4. The highest BCUT2D eigenvalue weighted by molar-refractivity contribution is 7.13. The Balaban J connectivity index is 1.99. The molecule has 2 rings (SSSR count). The maximum atomic E-state index is 12.1. The number of aryl methyl sites for hydroxylation is 1. The Morgan fingerprint density at radius 2 is 2.14 bits per heavy atom. The summed E-state index contributed by atoms with van der Waals surface area (Å²) >= 11 is 2.47.